The molecule has 1 amide bonds. The third-order valence-electron chi connectivity index (χ3n) is 2.82. The molecule has 0 aliphatic rings. The predicted molar refractivity (Wildman–Crippen MR) is 90.2 cm³/mol. The number of benzene rings is 1. The van der Waals surface area contributed by atoms with Crippen LogP contribution >= 0.6 is 0 Å². The third-order valence-corrected chi connectivity index (χ3v) is 2.82. The smallest absolute Gasteiger partial charge is 0.221 e. The summed E-state index contributed by atoms with van der Waals surface area (Å²) in [6, 6.07) is 7.26. The molecule has 122 valence electrons. The molecule has 0 unspecified atom stereocenters. The van der Waals surface area contributed by atoms with Crippen molar-refractivity contribution in [3.05, 3.63) is 24.3 Å². The van der Waals surface area contributed by atoms with Crippen LogP contribution < -0.4 is 21.1 Å². The van der Waals surface area contributed by atoms with E-state index in [1.165, 1.54) is 6.92 Å². The number of amides is 1. The van der Waals surface area contributed by atoms with E-state index in [0.29, 0.717) is 36.5 Å². The second-order valence-corrected chi connectivity index (χ2v) is 5.43. The van der Waals surface area contributed by atoms with Crippen LogP contribution in [0.4, 0.5) is 5.69 Å². The lowest BCUT2D eigenvalue weighted by atomic mass is 10.1. The molecule has 0 heterocycles. The van der Waals surface area contributed by atoms with Crippen LogP contribution in [0.1, 0.15) is 27.2 Å². The van der Waals surface area contributed by atoms with Crippen LogP contribution in [-0.4, -0.2) is 31.6 Å². The molecule has 1 aromatic carbocycles. The normalized spacial score (nSPS) is 11.4. The number of guanidine groups is 1. The number of nitrogens with two attached hydrogens (primary N) is 1. The molecule has 22 heavy (non-hydrogen) atoms. The molecule has 0 fully saturated rings. The minimum absolute atomic E-state index is 0.107. The van der Waals surface area contributed by atoms with E-state index in [1.807, 2.05) is 18.2 Å². The lowest BCUT2D eigenvalue weighted by Crippen LogP contribution is -2.34. The van der Waals surface area contributed by atoms with Gasteiger partial charge in [-0.15, -0.1) is 0 Å². The summed E-state index contributed by atoms with van der Waals surface area (Å²) >= 11 is 0. The van der Waals surface area contributed by atoms with E-state index >= 15 is 0 Å². The van der Waals surface area contributed by atoms with Crippen molar-refractivity contribution >= 4 is 17.6 Å². The lowest BCUT2D eigenvalue weighted by Gasteiger charge is -2.10. The van der Waals surface area contributed by atoms with Gasteiger partial charge >= 0.3 is 0 Å². The van der Waals surface area contributed by atoms with Crippen molar-refractivity contribution in [1.29, 1.82) is 0 Å². The van der Waals surface area contributed by atoms with E-state index in [4.69, 9.17) is 10.5 Å². The Labute approximate surface area is 132 Å². The minimum atomic E-state index is -0.107. The van der Waals surface area contributed by atoms with Crippen molar-refractivity contribution in [2.45, 2.75) is 27.2 Å². The molecule has 0 aliphatic heterocycles. The summed E-state index contributed by atoms with van der Waals surface area (Å²) in [4.78, 5) is 15.2. The molecule has 0 radical (unpaired) electrons. The molecule has 6 heteroatoms. The SMILES string of the molecule is CC(=O)Nc1cccc(OCCNC(N)=NCCC(C)C)c1. The van der Waals surface area contributed by atoms with Crippen molar-refractivity contribution < 1.29 is 9.53 Å². The molecular weight excluding hydrogens is 280 g/mol. The molecule has 0 aromatic heterocycles. The van der Waals surface area contributed by atoms with Gasteiger partial charge in [0.15, 0.2) is 5.96 Å². The molecule has 0 atom stereocenters. The first kappa shape index (κ1) is 17.8. The van der Waals surface area contributed by atoms with Crippen LogP contribution in [0.5, 0.6) is 5.75 Å². The second-order valence-electron chi connectivity index (χ2n) is 5.43. The summed E-state index contributed by atoms with van der Waals surface area (Å²) in [5, 5.41) is 5.72. The van der Waals surface area contributed by atoms with Gasteiger partial charge in [-0.1, -0.05) is 19.9 Å². The molecule has 0 saturated heterocycles. The first-order valence-corrected chi connectivity index (χ1v) is 7.51. The van der Waals surface area contributed by atoms with E-state index in [9.17, 15) is 4.79 Å². The monoisotopic (exact) mass is 306 g/mol. The molecule has 1 rings (SSSR count). The molecule has 0 spiro atoms. The minimum Gasteiger partial charge on any atom is -0.492 e. The number of hydrogen-bond acceptors (Lipinski definition) is 3. The lowest BCUT2D eigenvalue weighted by molar-refractivity contribution is -0.114. The standard InChI is InChI=1S/C16H26N4O2/c1-12(2)7-8-18-16(17)19-9-10-22-15-6-4-5-14(11-15)20-13(3)21/h4-6,11-12H,7-10H2,1-3H3,(H,20,21)(H3,17,18,19). The summed E-state index contributed by atoms with van der Waals surface area (Å²) < 4.78 is 5.60. The fraction of sp³-hybridized carbons (Fsp3) is 0.500. The van der Waals surface area contributed by atoms with Gasteiger partial charge in [0.1, 0.15) is 12.4 Å². The number of hydrogen-bond donors (Lipinski definition) is 3. The number of ether oxygens (including phenoxy) is 1. The Kier molecular flexibility index (Phi) is 7.81. The van der Waals surface area contributed by atoms with Crippen LogP contribution in [0.25, 0.3) is 0 Å². The average molecular weight is 306 g/mol. The topological polar surface area (TPSA) is 88.7 Å². The zero-order chi connectivity index (χ0) is 16.4. The second kappa shape index (κ2) is 9.65. The molecule has 1 aromatic rings. The number of nitrogens with zero attached hydrogens (tertiary/aromatic N) is 1. The maximum absolute atomic E-state index is 11.0. The van der Waals surface area contributed by atoms with Gasteiger partial charge in [-0.3, -0.25) is 9.79 Å². The summed E-state index contributed by atoms with van der Waals surface area (Å²) in [5.41, 5.74) is 6.47. The number of rotatable bonds is 8. The Balaban J connectivity index is 2.28. The van der Waals surface area contributed by atoms with Crippen LogP contribution in [0.3, 0.4) is 0 Å². The Hall–Kier alpha value is -2.24. The highest BCUT2D eigenvalue weighted by Gasteiger charge is 1.99. The van der Waals surface area contributed by atoms with Gasteiger partial charge in [0.2, 0.25) is 5.91 Å². The highest BCUT2D eigenvalue weighted by molar-refractivity contribution is 5.88. The van der Waals surface area contributed by atoms with Gasteiger partial charge in [0.05, 0.1) is 6.54 Å². The summed E-state index contributed by atoms with van der Waals surface area (Å²) in [5.74, 6) is 1.65. The summed E-state index contributed by atoms with van der Waals surface area (Å²) in [7, 11) is 0. The number of nitrogens with one attached hydrogen (secondary N) is 2. The van der Waals surface area contributed by atoms with Gasteiger partial charge in [-0.2, -0.15) is 0 Å². The van der Waals surface area contributed by atoms with Gasteiger partial charge < -0.3 is 21.1 Å². The van der Waals surface area contributed by atoms with Gasteiger partial charge in [0, 0.05) is 25.2 Å². The molecule has 0 bridgehead atoms. The first-order valence-electron chi connectivity index (χ1n) is 7.51. The highest BCUT2D eigenvalue weighted by Crippen LogP contribution is 2.16. The van der Waals surface area contributed by atoms with Crippen molar-refractivity contribution in [2.75, 3.05) is 25.0 Å². The van der Waals surface area contributed by atoms with Crippen LogP contribution in [0, 0.1) is 5.92 Å². The van der Waals surface area contributed by atoms with Crippen LogP contribution in [0.15, 0.2) is 29.3 Å². The fourth-order valence-electron chi connectivity index (χ4n) is 1.71. The van der Waals surface area contributed by atoms with Gasteiger partial charge in [-0.25, -0.2) is 0 Å². The van der Waals surface area contributed by atoms with Crippen molar-refractivity contribution in [3.63, 3.8) is 0 Å². The van der Waals surface area contributed by atoms with Crippen LogP contribution in [0.2, 0.25) is 0 Å². The van der Waals surface area contributed by atoms with Gasteiger partial charge in [0.25, 0.3) is 0 Å². The Morgan fingerprint density at radius 2 is 2.18 bits per heavy atom. The quantitative estimate of drug-likeness (QED) is 0.389. The van der Waals surface area contributed by atoms with Crippen molar-refractivity contribution in [1.82, 2.24) is 5.32 Å². The van der Waals surface area contributed by atoms with Crippen LogP contribution in [-0.2, 0) is 4.79 Å². The zero-order valence-corrected chi connectivity index (χ0v) is 13.6. The fourth-order valence-corrected chi connectivity index (χ4v) is 1.71. The Morgan fingerprint density at radius 3 is 2.86 bits per heavy atom. The van der Waals surface area contributed by atoms with Crippen molar-refractivity contribution in [2.24, 2.45) is 16.6 Å². The number of aliphatic imine (C=N–C) groups is 1. The molecule has 6 nitrogen and oxygen atoms in total. The largest absolute Gasteiger partial charge is 0.492 e. The molecular formula is C16H26N4O2. The van der Waals surface area contributed by atoms with E-state index in [-0.39, 0.29) is 5.91 Å². The van der Waals surface area contributed by atoms with E-state index in [1.54, 1.807) is 6.07 Å². The maximum atomic E-state index is 11.0. The summed E-state index contributed by atoms with van der Waals surface area (Å²) in [6.07, 6.45) is 1.02. The Bertz CT molecular complexity index is 501. The number of carbonyl (C=O) groups is 1. The van der Waals surface area contributed by atoms with E-state index in [2.05, 4.69) is 29.5 Å². The van der Waals surface area contributed by atoms with E-state index < -0.39 is 0 Å². The molecule has 4 N–H and O–H groups in total. The molecule has 0 aliphatic carbocycles. The first-order chi connectivity index (χ1) is 10.5. The summed E-state index contributed by atoms with van der Waals surface area (Å²) in [6.45, 7) is 7.55. The Morgan fingerprint density at radius 1 is 1.41 bits per heavy atom. The predicted octanol–water partition coefficient (Wildman–Crippen LogP) is 1.97. The van der Waals surface area contributed by atoms with E-state index in [0.717, 1.165) is 13.0 Å². The maximum Gasteiger partial charge on any atom is 0.221 e. The van der Waals surface area contributed by atoms with Crippen molar-refractivity contribution in [3.8, 4) is 5.75 Å². The highest BCUT2D eigenvalue weighted by atomic mass is 16.5. The number of anilines is 1. The zero-order valence-electron chi connectivity index (χ0n) is 13.6. The average Bonchev–Trinajstić information content (AvgIpc) is 2.43. The van der Waals surface area contributed by atoms with Gasteiger partial charge in [-0.05, 0) is 24.5 Å². The molecule has 0 saturated carbocycles. The third kappa shape index (κ3) is 8.14. The number of carbonyl (C=O) groups excluding carboxylic acids is 1.